The van der Waals surface area contributed by atoms with Gasteiger partial charge in [-0.05, 0) is 54.4 Å². The van der Waals surface area contributed by atoms with Crippen LogP contribution >= 0.6 is 0 Å². The third-order valence-corrected chi connectivity index (χ3v) is 6.50. The molecule has 1 saturated heterocycles. The summed E-state index contributed by atoms with van der Waals surface area (Å²) < 4.78 is 14.6. The molecule has 1 atom stereocenters. The average molecular weight is 480 g/mol. The minimum atomic E-state index is -0.626. The number of nitrogens with one attached hydrogen (secondary N) is 2. The third-order valence-electron chi connectivity index (χ3n) is 6.50. The van der Waals surface area contributed by atoms with Crippen molar-refractivity contribution in [3.63, 3.8) is 0 Å². The number of benzene rings is 3. The molecule has 1 aliphatic rings. The summed E-state index contributed by atoms with van der Waals surface area (Å²) >= 11 is 0. The van der Waals surface area contributed by atoms with E-state index in [0.29, 0.717) is 34.2 Å². The van der Waals surface area contributed by atoms with Crippen molar-refractivity contribution < 1.29 is 9.18 Å². The maximum atomic E-state index is 14.6. The summed E-state index contributed by atoms with van der Waals surface area (Å²) in [5, 5.41) is 13.0. The fraction of sp³-hybridized carbons (Fsp3) is 0.148. The van der Waals surface area contributed by atoms with Crippen LogP contribution in [0.2, 0.25) is 0 Å². The van der Waals surface area contributed by atoms with Crippen LogP contribution < -0.4 is 10.2 Å². The van der Waals surface area contributed by atoms with Gasteiger partial charge in [-0.25, -0.2) is 14.4 Å². The quantitative estimate of drug-likeness (QED) is 0.376. The number of aromatic nitrogens is 5. The molecule has 0 bridgehead atoms. The smallest absolute Gasteiger partial charge is 0.258 e. The molecule has 5 aromatic rings. The number of carbonyl (C=O) groups is 1. The molecule has 1 unspecified atom stereocenters. The lowest BCUT2D eigenvalue weighted by molar-refractivity contribution is 0.102. The Morgan fingerprint density at radius 3 is 2.72 bits per heavy atom. The third kappa shape index (κ3) is 4.26. The van der Waals surface area contributed by atoms with Crippen LogP contribution in [0.5, 0.6) is 0 Å². The molecule has 0 saturated carbocycles. The number of hydrogen-bond donors (Lipinski definition) is 2. The standard InChI is InChI=1S/C27H22FN7O/c28-23-11-6-18(25-29-15-24-26(31-25)33-34-32-24)14-22(23)27(36)30-20-7-9-21(10-8-20)35-13-12-19(16-35)17-4-2-1-3-5-17/h1-11,14-15,19H,12-13,16H2,(H,30,36)(H,29,31,32,33,34). The highest BCUT2D eigenvalue weighted by atomic mass is 19.1. The Labute approximate surface area is 206 Å². The fourth-order valence-corrected chi connectivity index (χ4v) is 4.58. The van der Waals surface area contributed by atoms with Gasteiger partial charge in [0.2, 0.25) is 5.65 Å². The number of carbonyl (C=O) groups excluding carboxylic acids is 1. The molecule has 178 valence electrons. The molecule has 0 radical (unpaired) electrons. The second-order valence-corrected chi connectivity index (χ2v) is 8.78. The summed E-state index contributed by atoms with van der Waals surface area (Å²) in [5.41, 5.74) is 4.44. The first kappa shape index (κ1) is 21.8. The lowest BCUT2D eigenvalue weighted by Gasteiger charge is -2.19. The minimum absolute atomic E-state index is 0.0920. The van der Waals surface area contributed by atoms with Gasteiger partial charge < -0.3 is 10.2 Å². The molecule has 6 rings (SSSR count). The Bertz CT molecular complexity index is 1540. The molecule has 36 heavy (non-hydrogen) atoms. The first-order chi connectivity index (χ1) is 17.6. The van der Waals surface area contributed by atoms with E-state index in [-0.39, 0.29) is 5.56 Å². The van der Waals surface area contributed by atoms with Gasteiger partial charge >= 0.3 is 0 Å². The van der Waals surface area contributed by atoms with Crippen LogP contribution in [0.25, 0.3) is 22.6 Å². The molecule has 3 heterocycles. The molecule has 9 heteroatoms. The Morgan fingerprint density at radius 1 is 1.06 bits per heavy atom. The van der Waals surface area contributed by atoms with E-state index in [2.05, 4.69) is 59.9 Å². The van der Waals surface area contributed by atoms with E-state index < -0.39 is 11.7 Å². The van der Waals surface area contributed by atoms with Crippen LogP contribution in [0.4, 0.5) is 15.8 Å². The summed E-state index contributed by atoms with van der Waals surface area (Å²) in [6.07, 6.45) is 2.65. The van der Waals surface area contributed by atoms with Gasteiger partial charge in [0.15, 0.2) is 5.82 Å². The minimum Gasteiger partial charge on any atom is -0.371 e. The van der Waals surface area contributed by atoms with E-state index in [0.717, 1.165) is 25.2 Å². The van der Waals surface area contributed by atoms with E-state index in [4.69, 9.17) is 0 Å². The number of aromatic amines is 1. The summed E-state index contributed by atoms with van der Waals surface area (Å²) in [4.78, 5) is 23.8. The second-order valence-electron chi connectivity index (χ2n) is 8.78. The lowest BCUT2D eigenvalue weighted by atomic mass is 9.99. The van der Waals surface area contributed by atoms with Crippen molar-refractivity contribution in [3.8, 4) is 11.4 Å². The van der Waals surface area contributed by atoms with E-state index in [1.807, 2.05) is 30.3 Å². The molecule has 1 amide bonds. The molecular formula is C27H22FN7O. The van der Waals surface area contributed by atoms with Crippen molar-refractivity contribution in [2.24, 2.45) is 0 Å². The molecular weight excluding hydrogens is 457 g/mol. The molecule has 2 aromatic heterocycles. The van der Waals surface area contributed by atoms with Gasteiger partial charge in [0, 0.05) is 35.9 Å². The molecule has 0 aliphatic carbocycles. The van der Waals surface area contributed by atoms with Crippen LogP contribution in [0.1, 0.15) is 28.3 Å². The number of anilines is 2. The van der Waals surface area contributed by atoms with Crippen molar-refractivity contribution in [2.45, 2.75) is 12.3 Å². The zero-order chi connectivity index (χ0) is 24.5. The van der Waals surface area contributed by atoms with Gasteiger partial charge in [0.1, 0.15) is 11.3 Å². The number of hydrogen-bond acceptors (Lipinski definition) is 6. The Balaban J connectivity index is 1.16. The normalized spacial score (nSPS) is 15.4. The van der Waals surface area contributed by atoms with Gasteiger partial charge in [0.05, 0.1) is 11.8 Å². The zero-order valence-electron chi connectivity index (χ0n) is 19.2. The topological polar surface area (TPSA) is 99.7 Å². The van der Waals surface area contributed by atoms with Crippen molar-refractivity contribution in [2.75, 3.05) is 23.3 Å². The van der Waals surface area contributed by atoms with E-state index in [1.54, 1.807) is 6.20 Å². The summed E-state index contributed by atoms with van der Waals surface area (Å²) in [7, 11) is 0. The van der Waals surface area contributed by atoms with Crippen molar-refractivity contribution in [3.05, 3.63) is 95.9 Å². The second kappa shape index (κ2) is 9.18. The lowest BCUT2D eigenvalue weighted by Crippen LogP contribution is -2.19. The largest absolute Gasteiger partial charge is 0.371 e. The van der Waals surface area contributed by atoms with Crippen LogP contribution in [0.3, 0.4) is 0 Å². The van der Waals surface area contributed by atoms with Crippen molar-refractivity contribution >= 4 is 28.4 Å². The number of H-pyrrole nitrogens is 1. The maximum Gasteiger partial charge on any atom is 0.258 e. The number of fused-ring (bicyclic) bond motifs is 1. The van der Waals surface area contributed by atoms with Crippen molar-refractivity contribution in [1.82, 2.24) is 25.4 Å². The molecule has 1 fully saturated rings. The molecule has 0 spiro atoms. The number of rotatable bonds is 5. The molecule has 2 N–H and O–H groups in total. The van der Waals surface area contributed by atoms with Crippen LogP contribution in [0.15, 0.2) is 79.0 Å². The summed E-state index contributed by atoms with van der Waals surface area (Å²) in [6.45, 7) is 1.93. The van der Waals surface area contributed by atoms with Crippen LogP contribution in [-0.4, -0.2) is 44.4 Å². The predicted octanol–water partition coefficient (Wildman–Crippen LogP) is 4.80. The van der Waals surface area contributed by atoms with Crippen LogP contribution in [-0.2, 0) is 0 Å². The SMILES string of the molecule is O=C(Nc1ccc(N2CCC(c3ccccc3)C2)cc1)c1cc(-c2ncc3[nH]nnc3n2)ccc1F. The molecule has 3 aromatic carbocycles. The fourth-order valence-electron chi connectivity index (χ4n) is 4.58. The predicted molar refractivity (Wildman–Crippen MR) is 135 cm³/mol. The highest BCUT2D eigenvalue weighted by Crippen LogP contribution is 2.31. The highest BCUT2D eigenvalue weighted by Gasteiger charge is 2.24. The van der Waals surface area contributed by atoms with Gasteiger partial charge in [-0.1, -0.05) is 35.5 Å². The van der Waals surface area contributed by atoms with Gasteiger partial charge in [-0.3, -0.25) is 9.89 Å². The Morgan fingerprint density at radius 2 is 1.89 bits per heavy atom. The van der Waals surface area contributed by atoms with Gasteiger partial charge in [-0.2, -0.15) is 0 Å². The van der Waals surface area contributed by atoms with Crippen LogP contribution in [0, 0.1) is 5.82 Å². The summed E-state index contributed by atoms with van der Waals surface area (Å²) in [5.74, 6) is -0.335. The highest BCUT2D eigenvalue weighted by molar-refractivity contribution is 6.05. The van der Waals surface area contributed by atoms with E-state index in [9.17, 15) is 9.18 Å². The first-order valence-electron chi connectivity index (χ1n) is 11.7. The first-order valence-corrected chi connectivity index (χ1v) is 11.7. The number of amides is 1. The Kier molecular flexibility index (Phi) is 5.57. The van der Waals surface area contributed by atoms with Gasteiger partial charge in [0.25, 0.3) is 5.91 Å². The monoisotopic (exact) mass is 479 g/mol. The van der Waals surface area contributed by atoms with E-state index >= 15 is 0 Å². The molecule has 8 nitrogen and oxygen atoms in total. The Hall–Kier alpha value is -4.66. The average Bonchev–Trinajstić information content (AvgIpc) is 3.60. The van der Waals surface area contributed by atoms with E-state index in [1.165, 1.54) is 23.8 Å². The number of halogens is 1. The molecule has 1 aliphatic heterocycles. The summed E-state index contributed by atoms with van der Waals surface area (Å²) in [6, 6.07) is 22.4. The van der Waals surface area contributed by atoms with Gasteiger partial charge in [-0.15, -0.1) is 5.10 Å². The number of nitrogens with zero attached hydrogens (tertiary/aromatic N) is 5. The maximum absolute atomic E-state index is 14.6. The van der Waals surface area contributed by atoms with Crippen molar-refractivity contribution in [1.29, 1.82) is 0 Å². The zero-order valence-corrected chi connectivity index (χ0v) is 19.2.